The van der Waals surface area contributed by atoms with Crippen molar-refractivity contribution in [2.24, 2.45) is 0 Å². The largest absolute Gasteiger partial charge is 0.508 e. The van der Waals surface area contributed by atoms with Gasteiger partial charge in [0.05, 0.1) is 14.2 Å². The highest BCUT2D eigenvalue weighted by atomic mass is 16.5. The molecular weight excluding hydrogens is 380 g/mol. The zero-order chi connectivity index (χ0) is 21.7. The average molecular weight is 415 g/mol. The Bertz CT molecular complexity index is 855. The van der Waals surface area contributed by atoms with E-state index in [-0.39, 0.29) is 12.6 Å². The van der Waals surface area contributed by atoms with Crippen LogP contribution < -0.4 is 9.47 Å². The van der Waals surface area contributed by atoms with Gasteiger partial charge in [-0.25, -0.2) is 0 Å². The van der Waals surface area contributed by atoms with Gasteiger partial charge in [-0.3, -0.25) is 9.80 Å². The smallest absolute Gasteiger partial charge is 0.122 e. The van der Waals surface area contributed by atoms with E-state index in [9.17, 15) is 10.2 Å². The number of phenols is 1. The van der Waals surface area contributed by atoms with Crippen molar-refractivity contribution in [3.05, 3.63) is 52.6 Å². The number of methoxy groups -OCH3 is 2. The first-order valence-corrected chi connectivity index (χ1v) is 10.5. The first kappa shape index (κ1) is 22.4. The molecule has 0 aromatic heterocycles. The van der Waals surface area contributed by atoms with Crippen molar-refractivity contribution >= 4 is 0 Å². The SMILES string of the molecule is COc1ccc(O)c(CN2CCN(Cc3ccc(OC)c(C)c3C)[C@@H](CCO)C2)c1. The first-order valence-electron chi connectivity index (χ1n) is 10.5. The molecule has 6 nitrogen and oxygen atoms in total. The van der Waals surface area contributed by atoms with Crippen LogP contribution in [0, 0.1) is 13.8 Å². The molecule has 1 saturated heterocycles. The Morgan fingerprint density at radius 1 is 0.967 bits per heavy atom. The van der Waals surface area contributed by atoms with Gasteiger partial charge < -0.3 is 19.7 Å². The van der Waals surface area contributed by atoms with Gasteiger partial charge in [0.25, 0.3) is 0 Å². The molecule has 1 fully saturated rings. The summed E-state index contributed by atoms with van der Waals surface area (Å²) in [7, 11) is 3.34. The number of aliphatic hydroxyl groups is 1. The van der Waals surface area contributed by atoms with Gasteiger partial charge in [0, 0.05) is 50.9 Å². The molecule has 1 aliphatic heterocycles. The van der Waals surface area contributed by atoms with Crippen molar-refractivity contribution in [3.8, 4) is 17.2 Å². The van der Waals surface area contributed by atoms with E-state index in [2.05, 4.69) is 29.7 Å². The number of ether oxygens (including phenoxy) is 2. The second-order valence-electron chi connectivity index (χ2n) is 8.04. The Morgan fingerprint density at radius 2 is 1.77 bits per heavy atom. The summed E-state index contributed by atoms with van der Waals surface area (Å²) in [5, 5.41) is 19.9. The average Bonchev–Trinajstić information content (AvgIpc) is 2.75. The molecule has 2 aromatic rings. The van der Waals surface area contributed by atoms with E-state index in [1.807, 2.05) is 12.1 Å². The molecular formula is C24H34N2O4. The molecule has 0 amide bonds. The number of hydrogen-bond acceptors (Lipinski definition) is 6. The minimum Gasteiger partial charge on any atom is -0.508 e. The summed E-state index contributed by atoms with van der Waals surface area (Å²) in [5.74, 6) is 1.96. The lowest BCUT2D eigenvalue weighted by Gasteiger charge is -2.42. The van der Waals surface area contributed by atoms with Crippen molar-refractivity contribution in [2.45, 2.75) is 39.4 Å². The van der Waals surface area contributed by atoms with Gasteiger partial charge in [0.1, 0.15) is 17.2 Å². The first-order chi connectivity index (χ1) is 14.5. The van der Waals surface area contributed by atoms with E-state index < -0.39 is 0 Å². The highest BCUT2D eigenvalue weighted by molar-refractivity contribution is 5.43. The minimum atomic E-state index is 0.167. The zero-order valence-corrected chi connectivity index (χ0v) is 18.5. The van der Waals surface area contributed by atoms with Crippen LogP contribution in [0.3, 0.4) is 0 Å². The van der Waals surface area contributed by atoms with Gasteiger partial charge in [-0.05, 0) is 61.2 Å². The lowest BCUT2D eigenvalue weighted by molar-refractivity contribution is 0.0495. The maximum absolute atomic E-state index is 10.2. The van der Waals surface area contributed by atoms with E-state index in [4.69, 9.17) is 9.47 Å². The molecule has 3 rings (SSSR count). The lowest BCUT2D eigenvalue weighted by atomic mass is 10.00. The van der Waals surface area contributed by atoms with Crippen molar-refractivity contribution in [1.29, 1.82) is 0 Å². The van der Waals surface area contributed by atoms with Gasteiger partial charge in [-0.2, -0.15) is 0 Å². The summed E-state index contributed by atoms with van der Waals surface area (Å²) < 4.78 is 10.7. The molecule has 0 spiro atoms. The number of aliphatic hydroxyl groups excluding tert-OH is 1. The predicted molar refractivity (Wildman–Crippen MR) is 118 cm³/mol. The number of aromatic hydroxyl groups is 1. The number of rotatable bonds is 8. The van der Waals surface area contributed by atoms with Crippen LogP contribution in [0.1, 0.15) is 28.7 Å². The van der Waals surface area contributed by atoms with Gasteiger partial charge in [-0.1, -0.05) is 6.07 Å². The van der Waals surface area contributed by atoms with Crippen molar-refractivity contribution in [3.63, 3.8) is 0 Å². The van der Waals surface area contributed by atoms with Crippen LogP contribution in [-0.2, 0) is 13.1 Å². The highest BCUT2D eigenvalue weighted by Gasteiger charge is 2.27. The molecule has 0 bridgehead atoms. The molecule has 1 aliphatic rings. The number of benzene rings is 2. The molecule has 2 N–H and O–H groups in total. The van der Waals surface area contributed by atoms with E-state index >= 15 is 0 Å². The number of piperazine rings is 1. The Kier molecular flexibility index (Phi) is 7.58. The summed E-state index contributed by atoms with van der Waals surface area (Å²) in [5.41, 5.74) is 4.61. The molecule has 2 aromatic carbocycles. The van der Waals surface area contributed by atoms with E-state index in [1.165, 1.54) is 16.7 Å². The Balaban J connectivity index is 1.71. The third kappa shape index (κ3) is 5.06. The molecule has 0 saturated carbocycles. The van der Waals surface area contributed by atoms with Crippen LogP contribution in [-0.4, -0.2) is 66.5 Å². The minimum absolute atomic E-state index is 0.167. The molecule has 1 atom stereocenters. The molecule has 0 aliphatic carbocycles. The van der Waals surface area contributed by atoms with Crippen LogP contribution in [0.4, 0.5) is 0 Å². The van der Waals surface area contributed by atoms with Gasteiger partial charge >= 0.3 is 0 Å². The van der Waals surface area contributed by atoms with Crippen molar-refractivity contribution in [2.75, 3.05) is 40.5 Å². The van der Waals surface area contributed by atoms with E-state index in [0.717, 1.165) is 49.7 Å². The maximum atomic E-state index is 10.2. The molecule has 6 heteroatoms. The van der Waals surface area contributed by atoms with Crippen LogP contribution in [0.25, 0.3) is 0 Å². The van der Waals surface area contributed by atoms with Crippen LogP contribution in [0.5, 0.6) is 17.2 Å². The third-order valence-corrected chi connectivity index (χ3v) is 6.27. The number of nitrogens with zero attached hydrogens (tertiary/aromatic N) is 2. The van der Waals surface area contributed by atoms with Crippen LogP contribution in [0.2, 0.25) is 0 Å². The molecule has 0 unspecified atom stereocenters. The Morgan fingerprint density at radius 3 is 2.47 bits per heavy atom. The summed E-state index contributed by atoms with van der Waals surface area (Å²) in [6, 6.07) is 9.80. The quantitative estimate of drug-likeness (QED) is 0.692. The maximum Gasteiger partial charge on any atom is 0.122 e. The van der Waals surface area contributed by atoms with Gasteiger partial charge in [0.15, 0.2) is 0 Å². The summed E-state index contributed by atoms with van der Waals surface area (Å²) in [6.45, 7) is 8.62. The summed E-state index contributed by atoms with van der Waals surface area (Å²) in [6.07, 6.45) is 0.731. The summed E-state index contributed by atoms with van der Waals surface area (Å²) in [4.78, 5) is 4.81. The highest BCUT2D eigenvalue weighted by Crippen LogP contribution is 2.28. The monoisotopic (exact) mass is 414 g/mol. The fourth-order valence-electron chi connectivity index (χ4n) is 4.25. The zero-order valence-electron chi connectivity index (χ0n) is 18.5. The lowest BCUT2D eigenvalue weighted by Crippen LogP contribution is -2.52. The molecule has 30 heavy (non-hydrogen) atoms. The fraction of sp³-hybridized carbons (Fsp3) is 0.500. The second-order valence-corrected chi connectivity index (χ2v) is 8.04. The second kappa shape index (κ2) is 10.2. The molecule has 164 valence electrons. The van der Waals surface area contributed by atoms with E-state index in [1.54, 1.807) is 26.4 Å². The Labute approximate surface area is 179 Å². The van der Waals surface area contributed by atoms with Crippen LogP contribution >= 0.6 is 0 Å². The number of phenolic OH excluding ortho intramolecular Hbond substituents is 1. The van der Waals surface area contributed by atoms with Gasteiger partial charge in [0.2, 0.25) is 0 Å². The van der Waals surface area contributed by atoms with Crippen molar-refractivity contribution < 1.29 is 19.7 Å². The molecule has 1 heterocycles. The van der Waals surface area contributed by atoms with Gasteiger partial charge in [-0.15, -0.1) is 0 Å². The van der Waals surface area contributed by atoms with Crippen molar-refractivity contribution in [1.82, 2.24) is 9.80 Å². The fourth-order valence-corrected chi connectivity index (χ4v) is 4.25. The molecule has 0 radical (unpaired) electrons. The van der Waals surface area contributed by atoms with Crippen LogP contribution in [0.15, 0.2) is 30.3 Å². The predicted octanol–water partition coefficient (Wildman–Crippen LogP) is 3.10. The topological polar surface area (TPSA) is 65.4 Å². The number of hydrogen-bond donors (Lipinski definition) is 2. The normalized spacial score (nSPS) is 17.8. The third-order valence-electron chi connectivity index (χ3n) is 6.27. The summed E-state index contributed by atoms with van der Waals surface area (Å²) >= 11 is 0. The Hall–Kier alpha value is -2.28. The van der Waals surface area contributed by atoms with E-state index in [0.29, 0.717) is 12.3 Å². The standard InChI is InChI=1S/C24H34N2O4/c1-17-18(2)24(30-4)8-5-19(17)15-26-11-10-25(16-21(26)9-12-27)14-20-13-22(29-3)6-7-23(20)28/h5-8,13,21,27-28H,9-12,14-16H2,1-4H3/t21-/m0/s1.